The minimum absolute atomic E-state index is 0.0988. The van der Waals surface area contributed by atoms with Crippen LogP contribution in [0.25, 0.3) is 0 Å². The van der Waals surface area contributed by atoms with Crippen LogP contribution in [0.3, 0.4) is 0 Å². The molecule has 0 atom stereocenters. The molecule has 2 rings (SSSR count). The van der Waals surface area contributed by atoms with Gasteiger partial charge in [-0.1, -0.05) is 0 Å². The van der Waals surface area contributed by atoms with E-state index in [1.54, 1.807) is 0 Å². The van der Waals surface area contributed by atoms with Gasteiger partial charge in [0.25, 0.3) is 5.91 Å². The van der Waals surface area contributed by atoms with Gasteiger partial charge in [0, 0.05) is 26.2 Å². The Bertz CT molecular complexity index is 410. The first-order chi connectivity index (χ1) is 9.13. The molecule has 2 fully saturated rings. The van der Waals surface area contributed by atoms with E-state index in [-0.39, 0.29) is 25.5 Å². The zero-order valence-electron chi connectivity index (χ0n) is 10.8. The van der Waals surface area contributed by atoms with Crippen molar-refractivity contribution in [2.75, 3.05) is 32.8 Å². The molecule has 0 aromatic carbocycles. The Morgan fingerprint density at radius 1 is 1.32 bits per heavy atom. The van der Waals surface area contributed by atoms with Crippen LogP contribution < -0.4 is 5.32 Å². The number of aliphatic hydroxyl groups is 1. The van der Waals surface area contributed by atoms with Gasteiger partial charge in [0.1, 0.15) is 5.54 Å². The summed E-state index contributed by atoms with van der Waals surface area (Å²) in [5, 5.41) is 20.2. The summed E-state index contributed by atoms with van der Waals surface area (Å²) in [7, 11) is 0. The minimum Gasteiger partial charge on any atom is -0.395 e. The first kappa shape index (κ1) is 13.8. The number of amides is 3. The fourth-order valence-electron chi connectivity index (χ4n) is 2.68. The summed E-state index contributed by atoms with van der Waals surface area (Å²) in [4.78, 5) is 27.3. The van der Waals surface area contributed by atoms with E-state index in [1.165, 1.54) is 0 Å². The zero-order chi connectivity index (χ0) is 13.9. The number of urea groups is 1. The number of imide groups is 1. The number of carbonyl (C=O) groups is 2. The number of hydrogen-bond donors (Lipinski definition) is 2. The maximum absolute atomic E-state index is 12.3. The van der Waals surface area contributed by atoms with E-state index in [2.05, 4.69) is 10.2 Å². The molecule has 0 saturated carbocycles. The fraction of sp³-hybridized carbons (Fsp3) is 0.750. The van der Waals surface area contributed by atoms with Crippen molar-refractivity contribution in [3.8, 4) is 6.07 Å². The summed E-state index contributed by atoms with van der Waals surface area (Å²) in [6.07, 6.45) is 1.27. The lowest BCUT2D eigenvalue weighted by Gasteiger charge is -2.36. The van der Waals surface area contributed by atoms with Crippen molar-refractivity contribution in [2.45, 2.75) is 24.8 Å². The SMILES string of the molecule is N#CCCN1C(=O)NC2(CCN(CCO)CC2)C1=O. The third kappa shape index (κ3) is 2.55. The molecule has 0 bridgehead atoms. The molecule has 0 unspecified atom stereocenters. The minimum atomic E-state index is -0.793. The van der Waals surface area contributed by atoms with Crippen molar-refractivity contribution in [1.82, 2.24) is 15.1 Å². The van der Waals surface area contributed by atoms with Crippen LogP contribution in [0.5, 0.6) is 0 Å². The van der Waals surface area contributed by atoms with Gasteiger partial charge in [-0.15, -0.1) is 0 Å². The molecular formula is C12H18N4O3. The van der Waals surface area contributed by atoms with E-state index in [9.17, 15) is 9.59 Å². The first-order valence-corrected chi connectivity index (χ1v) is 6.47. The lowest BCUT2D eigenvalue weighted by Crippen LogP contribution is -2.55. The van der Waals surface area contributed by atoms with E-state index in [1.807, 2.05) is 6.07 Å². The van der Waals surface area contributed by atoms with Crippen molar-refractivity contribution < 1.29 is 14.7 Å². The first-order valence-electron chi connectivity index (χ1n) is 6.47. The molecule has 2 heterocycles. The van der Waals surface area contributed by atoms with Crippen LogP contribution in [0.2, 0.25) is 0 Å². The van der Waals surface area contributed by atoms with Crippen LogP contribution in [0.4, 0.5) is 4.79 Å². The Morgan fingerprint density at radius 3 is 2.58 bits per heavy atom. The van der Waals surface area contributed by atoms with Gasteiger partial charge in [0.05, 0.1) is 19.1 Å². The smallest absolute Gasteiger partial charge is 0.325 e. The average molecular weight is 266 g/mol. The second kappa shape index (κ2) is 5.55. The molecular weight excluding hydrogens is 248 g/mol. The van der Waals surface area contributed by atoms with Crippen LogP contribution in [-0.4, -0.2) is 65.2 Å². The Kier molecular flexibility index (Phi) is 4.02. The van der Waals surface area contributed by atoms with Crippen LogP contribution >= 0.6 is 0 Å². The summed E-state index contributed by atoms with van der Waals surface area (Å²) < 4.78 is 0. The molecule has 0 radical (unpaired) electrons. The van der Waals surface area contributed by atoms with Gasteiger partial charge in [0.2, 0.25) is 0 Å². The summed E-state index contributed by atoms with van der Waals surface area (Å²) in [6.45, 7) is 2.21. The predicted molar refractivity (Wildman–Crippen MR) is 66.0 cm³/mol. The normalized spacial score (nSPS) is 22.6. The van der Waals surface area contributed by atoms with E-state index < -0.39 is 11.6 Å². The summed E-state index contributed by atoms with van der Waals surface area (Å²) in [5.41, 5.74) is -0.793. The van der Waals surface area contributed by atoms with E-state index >= 15 is 0 Å². The summed E-state index contributed by atoms with van der Waals surface area (Å²) >= 11 is 0. The Hall–Kier alpha value is -1.65. The van der Waals surface area contributed by atoms with Gasteiger partial charge in [-0.3, -0.25) is 9.69 Å². The maximum atomic E-state index is 12.3. The van der Waals surface area contributed by atoms with Crippen LogP contribution in [-0.2, 0) is 4.79 Å². The molecule has 3 amide bonds. The maximum Gasteiger partial charge on any atom is 0.325 e. The second-order valence-electron chi connectivity index (χ2n) is 4.94. The topological polar surface area (TPSA) is 96.7 Å². The van der Waals surface area contributed by atoms with E-state index in [4.69, 9.17) is 10.4 Å². The molecule has 2 saturated heterocycles. The number of rotatable bonds is 4. The number of nitriles is 1. The average Bonchev–Trinajstić information content (AvgIpc) is 2.63. The summed E-state index contributed by atoms with van der Waals surface area (Å²) in [6, 6.07) is 1.55. The number of likely N-dealkylation sites (tertiary alicyclic amines) is 1. The largest absolute Gasteiger partial charge is 0.395 e. The lowest BCUT2D eigenvalue weighted by atomic mass is 9.87. The molecule has 0 aromatic rings. The monoisotopic (exact) mass is 266 g/mol. The number of piperidine rings is 1. The van der Waals surface area contributed by atoms with Crippen molar-refractivity contribution in [1.29, 1.82) is 5.26 Å². The zero-order valence-corrected chi connectivity index (χ0v) is 10.8. The highest BCUT2D eigenvalue weighted by molar-refractivity contribution is 6.07. The molecule has 1 spiro atoms. The molecule has 0 aromatic heterocycles. The van der Waals surface area contributed by atoms with Crippen LogP contribution in [0.1, 0.15) is 19.3 Å². The highest BCUT2D eigenvalue weighted by atomic mass is 16.3. The molecule has 104 valence electrons. The Balaban J connectivity index is 2.01. The number of carbonyl (C=O) groups excluding carboxylic acids is 2. The Morgan fingerprint density at radius 2 is 2.00 bits per heavy atom. The van der Waals surface area contributed by atoms with Gasteiger partial charge in [-0.05, 0) is 12.8 Å². The number of nitrogens with zero attached hydrogens (tertiary/aromatic N) is 3. The molecule has 2 aliphatic rings. The van der Waals surface area contributed by atoms with Gasteiger partial charge < -0.3 is 15.3 Å². The summed E-state index contributed by atoms with van der Waals surface area (Å²) in [5.74, 6) is -0.212. The lowest BCUT2D eigenvalue weighted by molar-refractivity contribution is -0.132. The quantitative estimate of drug-likeness (QED) is 0.654. The van der Waals surface area contributed by atoms with Crippen molar-refractivity contribution >= 4 is 11.9 Å². The third-order valence-electron chi connectivity index (χ3n) is 3.82. The number of hydrogen-bond acceptors (Lipinski definition) is 5. The molecule has 7 heteroatoms. The third-order valence-corrected chi connectivity index (χ3v) is 3.82. The molecule has 0 aliphatic carbocycles. The van der Waals surface area contributed by atoms with Crippen molar-refractivity contribution in [3.63, 3.8) is 0 Å². The highest BCUT2D eigenvalue weighted by Gasteiger charge is 2.51. The van der Waals surface area contributed by atoms with Gasteiger partial charge in [0.15, 0.2) is 0 Å². The number of aliphatic hydroxyl groups excluding tert-OH is 1. The van der Waals surface area contributed by atoms with Crippen LogP contribution in [0, 0.1) is 11.3 Å². The van der Waals surface area contributed by atoms with Crippen LogP contribution in [0.15, 0.2) is 0 Å². The number of nitrogens with one attached hydrogen (secondary N) is 1. The Labute approximate surface area is 111 Å². The van der Waals surface area contributed by atoms with Gasteiger partial charge in [-0.25, -0.2) is 4.79 Å². The van der Waals surface area contributed by atoms with E-state index in [0.29, 0.717) is 32.5 Å². The predicted octanol–water partition coefficient (Wildman–Crippen LogP) is -0.721. The second-order valence-corrected chi connectivity index (χ2v) is 4.94. The molecule has 2 N–H and O–H groups in total. The van der Waals surface area contributed by atoms with Crippen molar-refractivity contribution in [2.24, 2.45) is 0 Å². The van der Waals surface area contributed by atoms with E-state index in [0.717, 1.165) is 4.90 Å². The molecule has 19 heavy (non-hydrogen) atoms. The highest BCUT2D eigenvalue weighted by Crippen LogP contribution is 2.29. The fourth-order valence-corrected chi connectivity index (χ4v) is 2.68. The number of β-amino-alcohol motifs (C(OH)–C–C–N with tert-alkyl or cyclic N) is 1. The molecule has 7 nitrogen and oxygen atoms in total. The van der Waals surface area contributed by atoms with Gasteiger partial charge >= 0.3 is 6.03 Å². The van der Waals surface area contributed by atoms with Gasteiger partial charge in [-0.2, -0.15) is 5.26 Å². The molecule has 2 aliphatic heterocycles. The van der Waals surface area contributed by atoms with Crippen molar-refractivity contribution in [3.05, 3.63) is 0 Å². The standard InChI is InChI=1S/C12H18N4O3/c13-4-1-5-16-10(18)12(14-11(16)19)2-6-15(7-3-12)8-9-17/h17H,1-3,5-9H2,(H,14,19).